The predicted octanol–water partition coefficient (Wildman–Crippen LogP) is 5.64. The van der Waals surface area contributed by atoms with Crippen LogP contribution in [0.15, 0.2) is 34.9 Å². The molecule has 4 heteroatoms. The van der Waals surface area contributed by atoms with Gasteiger partial charge in [0, 0.05) is 6.92 Å². The topological polar surface area (TPSA) is 66.8 Å². The molecule has 0 aromatic heterocycles. The molecule has 0 saturated heterocycles. The van der Waals surface area contributed by atoms with Crippen molar-refractivity contribution in [3.63, 3.8) is 0 Å². The summed E-state index contributed by atoms with van der Waals surface area (Å²) in [5, 5.41) is 20.8. The van der Waals surface area contributed by atoms with Crippen molar-refractivity contribution in [3.05, 3.63) is 34.9 Å². The van der Waals surface area contributed by atoms with Crippen LogP contribution in [0.5, 0.6) is 0 Å². The van der Waals surface area contributed by atoms with Gasteiger partial charge in [0.15, 0.2) is 0 Å². The van der Waals surface area contributed by atoms with Crippen molar-refractivity contribution in [2.75, 3.05) is 6.61 Å². The second-order valence-electron chi connectivity index (χ2n) is 8.35. The van der Waals surface area contributed by atoms with Gasteiger partial charge in [-0.15, -0.1) is 0 Å². The van der Waals surface area contributed by atoms with E-state index in [1.165, 1.54) is 23.6 Å². The minimum atomic E-state index is -1.04. The first-order chi connectivity index (χ1) is 13.0. The summed E-state index contributed by atoms with van der Waals surface area (Å²) in [5.41, 5.74) is 2.76. The van der Waals surface area contributed by atoms with Crippen LogP contribution in [0, 0.1) is 0 Å². The molecule has 4 nitrogen and oxygen atoms in total. The van der Waals surface area contributed by atoms with Crippen LogP contribution in [0.3, 0.4) is 0 Å². The first kappa shape index (κ1) is 26.6. The number of aliphatic hydroxyl groups excluding tert-OH is 1. The molecule has 2 N–H and O–H groups in total. The number of unbranched alkanes of at least 4 members (excludes halogenated alkanes) is 1. The molecule has 0 aromatic rings. The summed E-state index contributed by atoms with van der Waals surface area (Å²) < 4.78 is 4.93. The number of aliphatic hydroxyl groups is 2. The van der Waals surface area contributed by atoms with Gasteiger partial charge in [-0.2, -0.15) is 0 Å². The van der Waals surface area contributed by atoms with Crippen LogP contribution in [-0.2, 0) is 9.53 Å². The highest BCUT2D eigenvalue weighted by molar-refractivity contribution is 5.65. The lowest BCUT2D eigenvalue weighted by atomic mass is 9.89. The number of rotatable bonds is 14. The fraction of sp³-hybridized carbons (Fsp3) is 0.708. The van der Waals surface area contributed by atoms with E-state index < -0.39 is 11.7 Å². The van der Waals surface area contributed by atoms with E-state index in [-0.39, 0.29) is 5.97 Å². The minimum absolute atomic E-state index is 0.221. The van der Waals surface area contributed by atoms with E-state index in [1.807, 2.05) is 13.8 Å². The third-order valence-electron chi connectivity index (χ3n) is 4.91. The third-order valence-corrected chi connectivity index (χ3v) is 4.91. The highest BCUT2D eigenvalue weighted by atomic mass is 16.5. The van der Waals surface area contributed by atoms with Gasteiger partial charge in [0.2, 0.25) is 0 Å². The molecule has 0 heterocycles. The summed E-state index contributed by atoms with van der Waals surface area (Å²) in [5.74, 6) is -0.221. The Kier molecular flexibility index (Phi) is 13.9. The predicted molar refractivity (Wildman–Crippen MR) is 117 cm³/mol. The molecule has 0 radical (unpaired) electrons. The Hall–Kier alpha value is -1.39. The summed E-state index contributed by atoms with van der Waals surface area (Å²) in [6, 6.07) is 0. The summed E-state index contributed by atoms with van der Waals surface area (Å²) in [6.07, 6.45) is 12.3. The molecule has 0 amide bonds. The monoisotopic (exact) mass is 394 g/mol. The lowest BCUT2D eigenvalue weighted by Gasteiger charge is -2.29. The number of hydrogen-bond acceptors (Lipinski definition) is 4. The van der Waals surface area contributed by atoms with E-state index >= 15 is 0 Å². The molecule has 0 saturated carbocycles. The van der Waals surface area contributed by atoms with Gasteiger partial charge >= 0.3 is 5.97 Å². The van der Waals surface area contributed by atoms with Gasteiger partial charge in [-0.05, 0) is 86.0 Å². The van der Waals surface area contributed by atoms with Gasteiger partial charge in [-0.3, -0.25) is 4.79 Å². The third kappa shape index (κ3) is 14.6. The average molecular weight is 395 g/mol. The van der Waals surface area contributed by atoms with Crippen molar-refractivity contribution in [1.29, 1.82) is 0 Å². The normalized spacial score (nSPS) is 15.7. The fourth-order valence-corrected chi connectivity index (χ4v) is 2.93. The van der Waals surface area contributed by atoms with Crippen molar-refractivity contribution in [2.24, 2.45) is 0 Å². The molecule has 162 valence electrons. The Bertz CT molecular complexity index is 537. The first-order valence-corrected chi connectivity index (χ1v) is 10.5. The fourth-order valence-electron chi connectivity index (χ4n) is 2.93. The Morgan fingerprint density at radius 2 is 1.54 bits per heavy atom. The van der Waals surface area contributed by atoms with Crippen LogP contribution < -0.4 is 0 Å². The second kappa shape index (κ2) is 14.6. The van der Waals surface area contributed by atoms with E-state index in [2.05, 4.69) is 32.1 Å². The van der Waals surface area contributed by atoms with Crippen molar-refractivity contribution in [2.45, 2.75) is 105 Å². The lowest BCUT2D eigenvalue weighted by molar-refractivity contribution is -0.141. The van der Waals surface area contributed by atoms with Crippen molar-refractivity contribution in [3.8, 4) is 0 Å². The Morgan fingerprint density at radius 1 is 0.964 bits per heavy atom. The summed E-state index contributed by atoms with van der Waals surface area (Å²) in [4.78, 5) is 10.7. The summed E-state index contributed by atoms with van der Waals surface area (Å²) in [7, 11) is 0. The van der Waals surface area contributed by atoms with Crippen LogP contribution in [-0.4, -0.2) is 34.5 Å². The Morgan fingerprint density at radius 3 is 2.07 bits per heavy atom. The van der Waals surface area contributed by atoms with Crippen molar-refractivity contribution in [1.82, 2.24) is 0 Å². The SMILES string of the molecule is CC(=O)OCCC/C(C)=C/CC/C=C(\C)CC[C@@H](O)[C@](C)(O)CCC=C(C)C. The molecule has 0 unspecified atom stereocenters. The van der Waals surface area contributed by atoms with E-state index in [4.69, 9.17) is 4.74 Å². The lowest BCUT2D eigenvalue weighted by Crippen LogP contribution is -2.39. The van der Waals surface area contributed by atoms with E-state index in [0.717, 1.165) is 38.5 Å². The van der Waals surface area contributed by atoms with Crippen LogP contribution in [0.25, 0.3) is 0 Å². The van der Waals surface area contributed by atoms with Crippen LogP contribution in [0.4, 0.5) is 0 Å². The number of ether oxygens (including phenoxy) is 1. The average Bonchev–Trinajstić information content (AvgIpc) is 2.59. The molecule has 28 heavy (non-hydrogen) atoms. The zero-order valence-corrected chi connectivity index (χ0v) is 18.9. The molecule has 0 aliphatic heterocycles. The molecule has 0 aliphatic rings. The summed E-state index contributed by atoms with van der Waals surface area (Å²) >= 11 is 0. The highest BCUT2D eigenvalue weighted by Crippen LogP contribution is 2.23. The molecule has 0 spiro atoms. The maximum atomic E-state index is 10.7. The minimum Gasteiger partial charge on any atom is -0.466 e. The molecule has 0 bridgehead atoms. The van der Waals surface area contributed by atoms with Gasteiger partial charge in [0.05, 0.1) is 18.3 Å². The van der Waals surface area contributed by atoms with Crippen molar-refractivity contribution >= 4 is 5.97 Å². The molecule has 0 fully saturated rings. The summed E-state index contributed by atoms with van der Waals surface area (Å²) in [6.45, 7) is 11.9. The molecule has 2 atom stereocenters. The number of hydrogen-bond donors (Lipinski definition) is 2. The number of esters is 1. The number of carbonyl (C=O) groups excluding carboxylic acids is 1. The van der Waals surface area contributed by atoms with Gasteiger partial charge < -0.3 is 14.9 Å². The Labute approximate surface area is 172 Å². The quantitative estimate of drug-likeness (QED) is 0.227. The standard InChI is InChI=1S/C24H42O4/c1-19(2)11-9-17-24(6,27)23(26)16-15-21(4)13-8-7-12-20(3)14-10-18-28-22(5)25/h11-13,23,26-27H,7-10,14-18H2,1-6H3/b20-12+,21-13+/t23-,24-/m1/s1. The second-order valence-corrected chi connectivity index (χ2v) is 8.35. The highest BCUT2D eigenvalue weighted by Gasteiger charge is 2.28. The Balaban J connectivity index is 4.12. The van der Waals surface area contributed by atoms with Crippen molar-refractivity contribution < 1.29 is 19.7 Å². The molecular weight excluding hydrogens is 352 g/mol. The van der Waals surface area contributed by atoms with Crippen LogP contribution in [0.1, 0.15) is 92.9 Å². The smallest absolute Gasteiger partial charge is 0.302 e. The van der Waals surface area contributed by atoms with Crippen LogP contribution in [0.2, 0.25) is 0 Å². The molecular formula is C24H42O4. The van der Waals surface area contributed by atoms with Gasteiger partial charge in [-0.1, -0.05) is 34.9 Å². The maximum Gasteiger partial charge on any atom is 0.302 e. The maximum absolute atomic E-state index is 10.7. The number of carbonyl (C=O) groups is 1. The van der Waals surface area contributed by atoms with Gasteiger partial charge in [0.1, 0.15) is 0 Å². The number of allylic oxidation sites excluding steroid dienone is 6. The van der Waals surface area contributed by atoms with Gasteiger partial charge in [-0.25, -0.2) is 0 Å². The van der Waals surface area contributed by atoms with E-state index in [0.29, 0.717) is 19.4 Å². The van der Waals surface area contributed by atoms with E-state index in [9.17, 15) is 15.0 Å². The largest absolute Gasteiger partial charge is 0.466 e. The molecule has 0 aliphatic carbocycles. The zero-order valence-electron chi connectivity index (χ0n) is 18.9. The van der Waals surface area contributed by atoms with E-state index in [1.54, 1.807) is 6.92 Å². The first-order valence-electron chi connectivity index (χ1n) is 10.5. The molecule has 0 aromatic carbocycles. The van der Waals surface area contributed by atoms with Gasteiger partial charge in [0.25, 0.3) is 0 Å². The van der Waals surface area contributed by atoms with Crippen LogP contribution >= 0.6 is 0 Å². The zero-order chi connectivity index (χ0) is 21.6. The molecule has 0 rings (SSSR count).